The first-order valence-electron chi connectivity index (χ1n) is 22.0. The monoisotopic (exact) mass is 785 g/mol. The highest BCUT2D eigenvalue weighted by Gasteiger charge is 2.34. The molecule has 0 fully saturated rings. The second-order valence-electron chi connectivity index (χ2n) is 18.8. The molecule has 0 N–H and O–H groups in total. The molecule has 6 heteroatoms. The van der Waals surface area contributed by atoms with Crippen molar-refractivity contribution >= 4 is 18.2 Å². The number of allylic oxidation sites excluding steroid dienone is 9. The standard InChI is InChI=1S/C51H76O6/c1-36(2)16-12-17-37(3)18-13-19-38(4)22-15-30-51(11)32-27-43-35-44(34-41(7)49(43)57-51)55-47(53)25-26-48(54)56-46-28-31-50(9,10)45(42(46)8)24-23-39(5)20-14-21-40(6)29-33-52/h14,20-21,23-24,29,33-38,46H,12-13,15-19,22,25-28,30-32H2,1-11H3/b21-14+,24-23+,39-20+,40-29+/t37-,38-,46?,51-/m1/s1. The van der Waals surface area contributed by atoms with Gasteiger partial charge in [0.05, 0.1) is 12.8 Å². The quantitative estimate of drug-likeness (QED) is 0.0383. The molecule has 1 aliphatic carbocycles. The van der Waals surface area contributed by atoms with Crippen molar-refractivity contribution in [3.63, 3.8) is 0 Å². The van der Waals surface area contributed by atoms with Crippen LogP contribution in [-0.2, 0) is 25.5 Å². The summed E-state index contributed by atoms with van der Waals surface area (Å²) < 4.78 is 18.3. The van der Waals surface area contributed by atoms with E-state index in [9.17, 15) is 14.4 Å². The molecule has 0 aromatic heterocycles. The van der Waals surface area contributed by atoms with E-state index in [0.29, 0.717) is 5.75 Å². The van der Waals surface area contributed by atoms with Crippen molar-refractivity contribution in [3.8, 4) is 11.5 Å². The molecule has 3 rings (SSSR count). The fraction of sp³-hybridized carbons (Fsp3) is 0.627. The second-order valence-corrected chi connectivity index (χ2v) is 18.8. The molecule has 1 unspecified atom stereocenters. The summed E-state index contributed by atoms with van der Waals surface area (Å²) in [6.07, 6.45) is 26.8. The number of esters is 2. The van der Waals surface area contributed by atoms with Crippen molar-refractivity contribution in [3.05, 3.63) is 82.0 Å². The van der Waals surface area contributed by atoms with Crippen LogP contribution in [0.15, 0.2) is 70.9 Å². The van der Waals surface area contributed by atoms with Gasteiger partial charge in [-0.05, 0) is 142 Å². The number of ether oxygens (including phenoxy) is 3. The largest absolute Gasteiger partial charge is 0.487 e. The number of hydrogen-bond acceptors (Lipinski definition) is 6. The lowest BCUT2D eigenvalue weighted by Gasteiger charge is -2.37. The van der Waals surface area contributed by atoms with Crippen LogP contribution in [0, 0.1) is 30.1 Å². The molecule has 1 aliphatic heterocycles. The molecule has 2 aliphatic rings. The molecule has 1 aromatic rings. The first-order valence-corrected chi connectivity index (χ1v) is 22.0. The summed E-state index contributed by atoms with van der Waals surface area (Å²) in [4.78, 5) is 36.5. The van der Waals surface area contributed by atoms with Gasteiger partial charge >= 0.3 is 11.9 Å². The Bertz CT molecular complexity index is 1650. The smallest absolute Gasteiger partial charge is 0.311 e. The maximum atomic E-state index is 13.0. The van der Waals surface area contributed by atoms with E-state index in [1.165, 1.54) is 57.4 Å². The average molecular weight is 785 g/mol. The minimum Gasteiger partial charge on any atom is -0.487 e. The molecule has 0 saturated carbocycles. The highest BCUT2D eigenvalue weighted by Crippen LogP contribution is 2.43. The number of aryl methyl sites for hydroxylation is 2. The molecule has 57 heavy (non-hydrogen) atoms. The van der Waals surface area contributed by atoms with Gasteiger partial charge in [0.15, 0.2) is 0 Å². The van der Waals surface area contributed by atoms with E-state index < -0.39 is 11.9 Å². The molecule has 316 valence electrons. The molecule has 6 nitrogen and oxygen atoms in total. The molecule has 1 aromatic carbocycles. The number of benzene rings is 1. The zero-order valence-electron chi connectivity index (χ0n) is 37.6. The Morgan fingerprint density at radius 3 is 2.14 bits per heavy atom. The van der Waals surface area contributed by atoms with Gasteiger partial charge in [-0.3, -0.25) is 14.4 Å². The molecular formula is C51H76O6. The van der Waals surface area contributed by atoms with Gasteiger partial charge < -0.3 is 14.2 Å². The van der Waals surface area contributed by atoms with Crippen LogP contribution < -0.4 is 9.47 Å². The summed E-state index contributed by atoms with van der Waals surface area (Å²) >= 11 is 0. The van der Waals surface area contributed by atoms with Crippen molar-refractivity contribution in [2.24, 2.45) is 23.2 Å². The SMILES string of the molecule is CC1=C(/C=C/C(C)=C/C=C/C(C)=C/C=O)C(C)(C)CCC1OC(=O)CCC(=O)Oc1cc(C)c2c(c1)CC[C@@](C)(CCC[C@H](C)CCC[C@H](C)CCCC(C)C)O2. The van der Waals surface area contributed by atoms with E-state index in [1.807, 2.05) is 58.1 Å². The van der Waals surface area contributed by atoms with Gasteiger partial charge in [0, 0.05) is 0 Å². The van der Waals surface area contributed by atoms with E-state index in [2.05, 4.69) is 60.6 Å². The van der Waals surface area contributed by atoms with Crippen molar-refractivity contribution in [2.75, 3.05) is 0 Å². The van der Waals surface area contributed by atoms with Gasteiger partial charge in [-0.1, -0.05) is 122 Å². The van der Waals surface area contributed by atoms with Crippen LogP contribution in [-0.4, -0.2) is 29.9 Å². The van der Waals surface area contributed by atoms with E-state index in [-0.39, 0.29) is 30.0 Å². The molecule has 0 saturated heterocycles. The fourth-order valence-corrected chi connectivity index (χ4v) is 8.32. The van der Waals surface area contributed by atoms with Crippen LogP contribution >= 0.6 is 0 Å². The number of hydrogen-bond donors (Lipinski definition) is 0. The number of rotatable bonds is 22. The Hall–Kier alpha value is -3.67. The number of aldehydes is 1. The van der Waals surface area contributed by atoms with Crippen molar-refractivity contribution in [1.29, 1.82) is 0 Å². The molecular weight excluding hydrogens is 709 g/mol. The molecule has 0 bridgehead atoms. The highest BCUT2D eigenvalue weighted by molar-refractivity contribution is 5.79. The highest BCUT2D eigenvalue weighted by atomic mass is 16.5. The normalized spacial score (nSPS) is 21.1. The summed E-state index contributed by atoms with van der Waals surface area (Å²) in [6.45, 7) is 24.1. The van der Waals surface area contributed by atoms with Gasteiger partial charge in [0.25, 0.3) is 0 Å². The third kappa shape index (κ3) is 16.6. The summed E-state index contributed by atoms with van der Waals surface area (Å²) in [5, 5.41) is 0. The van der Waals surface area contributed by atoms with Crippen LogP contribution in [0.3, 0.4) is 0 Å². The van der Waals surface area contributed by atoms with E-state index >= 15 is 0 Å². The molecule has 0 radical (unpaired) electrons. The van der Waals surface area contributed by atoms with Crippen LogP contribution in [0.4, 0.5) is 0 Å². The zero-order chi connectivity index (χ0) is 42.2. The molecule has 4 atom stereocenters. The summed E-state index contributed by atoms with van der Waals surface area (Å²) in [7, 11) is 0. The van der Waals surface area contributed by atoms with Crippen LogP contribution in [0.2, 0.25) is 0 Å². The summed E-state index contributed by atoms with van der Waals surface area (Å²) in [5.41, 5.74) is 5.92. The number of carbonyl (C=O) groups is 3. The van der Waals surface area contributed by atoms with Gasteiger partial charge in [-0.15, -0.1) is 0 Å². The third-order valence-corrected chi connectivity index (χ3v) is 12.1. The Morgan fingerprint density at radius 2 is 1.47 bits per heavy atom. The van der Waals surface area contributed by atoms with Crippen LogP contribution in [0.1, 0.15) is 170 Å². The van der Waals surface area contributed by atoms with E-state index in [4.69, 9.17) is 14.2 Å². The third-order valence-electron chi connectivity index (χ3n) is 12.1. The van der Waals surface area contributed by atoms with Gasteiger partial charge in [-0.2, -0.15) is 0 Å². The summed E-state index contributed by atoms with van der Waals surface area (Å²) in [5.74, 6) is 2.96. The first kappa shape index (κ1) is 47.7. The average Bonchev–Trinajstić information content (AvgIpc) is 3.12. The lowest BCUT2D eigenvalue weighted by molar-refractivity contribution is -0.150. The van der Waals surface area contributed by atoms with Gasteiger partial charge in [0.2, 0.25) is 0 Å². The Labute approximate surface area is 346 Å². The second kappa shape index (κ2) is 23.1. The van der Waals surface area contributed by atoms with E-state index in [1.54, 1.807) is 0 Å². The predicted molar refractivity (Wildman–Crippen MR) is 236 cm³/mol. The lowest BCUT2D eigenvalue weighted by atomic mass is 9.71. The Balaban J connectivity index is 1.46. The minimum atomic E-state index is -0.448. The molecule has 0 spiro atoms. The molecule has 0 amide bonds. The molecule has 1 heterocycles. The number of carbonyl (C=O) groups excluding carboxylic acids is 3. The van der Waals surface area contributed by atoms with Gasteiger partial charge in [0.1, 0.15) is 29.5 Å². The van der Waals surface area contributed by atoms with Crippen molar-refractivity contribution < 1.29 is 28.6 Å². The summed E-state index contributed by atoms with van der Waals surface area (Å²) in [6, 6.07) is 3.80. The topological polar surface area (TPSA) is 78.9 Å². The lowest BCUT2D eigenvalue weighted by Crippen LogP contribution is -2.36. The van der Waals surface area contributed by atoms with Crippen molar-refractivity contribution in [2.45, 2.75) is 184 Å². The van der Waals surface area contributed by atoms with Gasteiger partial charge in [-0.25, -0.2) is 0 Å². The maximum Gasteiger partial charge on any atom is 0.311 e. The maximum absolute atomic E-state index is 13.0. The first-order chi connectivity index (χ1) is 26.9. The van der Waals surface area contributed by atoms with Crippen LogP contribution in [0.5, 0.6) is 11.5 Å². The number of fused-ring (bicyclic) bond motifs is 1. The van der Waals surface area contributed by atoms with Crippen molar-refractivity contribution in [1.82, 2.24) is 0 Å². The van der Waals surface area contributed by atoms with Crippen LogP contribution in [0.25, 0.3) is 0 Å². The Morgan fingerprint density at radius 1 is 0.842 bits per heavy atom. The fourth-order valence-electron chi connectivity index (χ4n) is 8.32. The predicted octanol–water partition coefficient (Wildman–Crippen LogP) is 13.5. The minimum absolute atomic E-state index is 0.0368. The zero-order valence-corrected chi connectivity index (χ0v) is 37.6. The van der Waals surface area contributed by atoms with E-state index in [0.717, 1.165) is 95.3 Å². The Kier molecular flexibility index (Phi) is 19.3.